The van der Waals surface area contributed by atoms with E-state index in [1.165, 1.54) is 0 Å². The summed E-state index contributed by atoms with van der Waals surface area (Å²) in [5.74, 6) is 0.0445. The Bertz CT molecular complexity index is 291. The van der Waals surface area contributed by atoms with E-state index >= 15 is 0 Å². The van der Waals surface area contributed by atoms with Crippen molar-refractivity contribution in [3.8, 4) is 0 Å². The molecule has 1 rings (SSSR count). The van der Waals surface area contributed by atoms with Crippen LogP contribution in [-0.4, -0.2) is 16.8 Å². The Hall–Kier alpha value is -1.23. The van der Waals surface area contributed by atoms with Crippen LogP contribution in [0.2, 0.25) is 0 Å². The molecule has 0 spiro atoms. The highest BCUT2D eigenvalue weighted by Crippen LogP contribution is 2.10. The number of carbonyl (C=O) groups excluding carboxylic acids is 1. The highest BCUT2D eigenvalue weighted by molar-refractivity contribution is 5.94. The molecule has 1 heterocycles. The Morgan fingerprint density at radius 3 is 2.92 bits per heavy atom. The molecule has 2 nitrogen and oxygen atoms in total. The van der Waals surface area contributed by atoms with Gasteiger partial charge in [-0.05, 0) is 20.3 Å². The van der Waals surface area contributed by atoms with Gasteiger partial charge in [0.1, 0.15) is 0 Å². The summed E-state index contributed by atoms with van der Waals surface area (Å²) in [5, 5.41) is 0. The molecule has 64 valence electrons. The molecule has 1 amide bonds. The van der Waals surface area contributed by atoms with Gasteiger partial charge in [0.05, 0.1) is 11.8 Å². The number of nitrogens with zero attached hydrogens (tertiary/aromatic N) is 1. The first-order valence-corrected chi connectivity index (χ1v) is 4.18. The van der Waals surface area contributed by atoms with Crippen LogP contribution in [0.25, 0.3) is 0 Å². The van der Waals surface area contributed by atoms with E-state index in [0.29, 0.717) is 5.57 Å². The average Bonchev–Trinajstić information content (AvgIpc) is 2.08. The predicted molar refractivity (Wildman–Crippen MR) is 47.4 cm³/mol. The van der Waals surface area contributed by atoms with Crippen molar-refractivity contribution >= 4 is 5.91 Å². The van der Waals surface area contributed by atoms with Crippen molar-refractivity contribution in [3.05, 3.63) is 23.2 Å². The van der Waals surface area contributed by atoms with Gasteiger partial charge in [-0.2, -0.15) is 0 Å². The van der Waals surface area contributed by atoms with Gasteiger partial charge >= 0.3 is 0 Å². The van der Waals surface area contributed by atoms with Gasteiger partial charge in [0.15, 0.2) is 0 Å². The number of amides is 1. The molecule has 0 N–H and O–H groups in total. The van der Waals surface area contributed by atoms with Gasteiger partial charge in [-0.25, -0.2) is 0 Å². The van der Waals surface area contributed by atoms with Gasteiger partial charge in [-0.15, -0.1) is 0 Å². The summed E-state index contributed by atoms with van der Waals surface area (Å²) in [7, 11) is 0. The van der Waals surface area contributed by atoms with Crippen molar-refractivity contribution in [3.63, 3.8) is 0 Å². The first kappa shape index (κ1) is 8.86. The molecule has 0 unspecified atom stereocenters. The van der Waals surface area contributed by atoms with Crippen LogP contribution >= 0.6 is 0 Å². The van der Waals surface area contributed by atoms with E-state index < -0.39 is 0 Å². The molecule has 0 radical (unpaired) electrons. The minimum absolute atomic E-state index is 0.0445. The van der Waals surface area contributed by atoms with Crippen LogP contribution in [0.5, 0.6) is 0 Å². The maximum absolute atomic E-state index is 11.5. The molecule has 0 aromatic heterocycles. The van der Waals surface area contributed by atoms with Crippen molar-refractivity contribution in [2.75, 3.05) is 0 Å². The van der Waals surface area contributed by atoms with E-state index in [9.17, 15) is 4.79 Å². The Balaban J connectivity index is 2.88. The number of hydrogen-bond donors (Lipinski definition) is 0. The van der Waals surface area contributed by atoms with E-state index in [1.807, 2.05) is 6.92 Å². The lowest BCUT2D eigenvalue weighted by molar-refractivity contribution is -0.126. The molecular formula is C10H13NO. The third-order valence-electron chi connectivity index (χ3n) is 2.08. The first-order valence-electron chi connectivity index (χ1n) is 4.18. The second-order valence-corrected chi connectivity index (χ2v) is 2.99. The van der Waals surface area contributed by atoms with Crippen molar-refractivity contribution in [1.29, 1.82) is 0 Å². The number of rotatable bonds is 2. The van der Waals surface area contributed by atoms with Gasteiger partial charge in [0, 0.05) is 6.04 Å². The zero-order chi connectivity index (χ0) is 9.14. The Labute approximate surface area is 72.9 Å². The fourth-order valence-electron chi connectivity index (χ4n) is 1.04. The van der Waals surface area contributed by atoms with Crippen molar-refractivity contribution in [2.24, 2.45) is 0 Å². The lowest BCUT2D eigenvalue weighted by Crippen LogP contribution is -2.34. The highest BCUT2D eigenvalue weighted by Gasteiger charge is 2.18. The third-order valence-corrected chi connectivity index (χ3v) is 2.08. The summed E-state index contributed by atoms with van der Waals surface area (Å²) in [6, 6.07) is 0.252. The molecule has 1 aliphatic rings. The maximum Gasteiger partial charge on any atom is 0.262 e. The van der Waals surface area contributed by atoms with Crippen LogP contribution in [0.1, 0.15) is 27.2 Å². The zero-order valence-electron chi connectivity index (χ0n) is 7.72. The lowest BCUT2D eigenvalue weighted by atomic mass is 10.1. The molecule has 0 aromatic carbocycles. The van der Waals surface area contributed by atoms with Gasteiger partial charge in [0.2, 0.25) is 0 Å². The predicted octanol–water partition coefficient (Wildman–Crippen LogP) is 1.84. The van der Waals surface area contributed by atoms with E-state index in [-0.39, 0.29) is 11.9 Å². The van der Waals surface area contributed by atoms with E-state index in [2.05, 4.69) is 18.4 Å². The summed E-state index contributed by atoms with van der Waals surface area (Å²) in [6.45, 7) is 5.84. The summed E-state index contributed by atoms with van der Waals surface area (Å²) >= 11 is 0. The Morgan fingerprint density at radius 1 is 1.67 bits per heavy atom. The third kappa shape index (κ3) is 1.50. The van der Waals surface area contributed by atoms with Crippen molar-refractivity contribution in [2.45, 2.75) is 33.2 Å². The smallest absolute Gasteiger partial charge is 0.262 e. The highest BCUT2D eigenvalue weighted by atomic mass is 16.2. The van der Waals surface area contributed by atoms with Crippen LogP contribution in [0.15, 0.2) is 23.2 Å². The molecule has 2 heteroatoms. The standard InChI is InChI=1S/C10H13NO/c1-4-9(3)11-7-5-6-8(2)10(11)12/h7,9H,4H2,1-3H3/t9-/m1/s1. The van der Waals surface area contributed by atoms with Gasteiger partial charge in [-0.1, -0.05) is 18.4 Å². The fourth-order valence-corrected chi connectivity index (χ4v) is 1.04. The minimum atomic E-state index is 0.0445. The average molecular weight is 163 g/mol. The Kier molecular flexibility index (Phi) is 2.54. The van der Waals surface area contributed by atoms with E-state index in [4.69, 9.17) is 0 Å². The summed E-state index contributed by atoms with van der Waals surface area (Å²) < 4.78 is 0. The Morgan fingerprint density at radius 2 is 2.33 bits per heavy atom. The van der Waals surface area contributed by atoms with Crippen LogP contribution < -0.4 is 0 Å². The topological polar surface area (TPSA) is 20.3 Å². The molecule has 12 heavy (non-hydrogen) atoms. The lowest BCUT2D eigenvalue weighted by Gasteiger charge is -2.24. The van der Waals surface area contributed by atoms with Crippen LogP contribution in [0, 0.1) is 0 Å². The summed E-state index contributed by atoms with van der Waals surface area (Å²) in [6.07, 6.45) is 2.63. The van der Waals surface area contributed by atoms with Gasteiger partial charge in [-0.3, -0.25) is 4.79 Å². The molecule has 0 saturated carbocycles. The minimum Gasteiger partial charge on any atom is -0.304 e. The van der Waals surface area contributed by atoms with Crippen LogP contribution in [0.4, 0.5) is 0 Å². The second kappa shape index (κ2) is 3.44. The summed E-state index contributed by atoms with van der Waals surface area (Å²) in [5.41, 5.74) is 6.22. The first-order chi connectivity index (χ1) is 5.66. The van der Waals surface area contributed by atoms with E-state index in [1.54, 1.807) is 18.0 Å². The second-order valence-electron chi connectivity index (χ2n) is 2.99. The largest absolute Gasteiger partial charge is 0.304 e. The SMILES string of the molecule is CC[C@@H](C)N1C=C=C=C(C)C1=O. The molecule has 0 fully saturated rings. The van der Waals surface area contributed by atoms with Crippen molar-refractivity contribution in [1.82, 2.24) is 4.90 Å². The van der Waals surface area contributed by atoms with Gasteiger partial charge < -0.3 is 4.90 Å². The van der Waals surface area contributed by atoms with Gasteiger partial charge in [0.25, 0.3) is 5.91 Å². The molecule has 1 atom stereocenters. The monoisotopic (exact) mass is 163 g/mol. The van der Waals surface area contributed by atoms with Crippen LogP contribution in [-0.2, 0) is 4.79 Å². The number of carbonyl (C=O) groups is 1. The molecule has 1 aliphatic heterocycles. The van der Waals surface area contributed by atoms with Crippen molar-refractivity contribution < 1.29 is 4.79 Å². The summed E-state index contributed by atoms with van der Waals surface area (Å²) in [4.78, 5) is 13.2. The molecule has 0 aromatic rings. The normalized spacial score (nSPS) is 18.1. The number of hydrogen-bond acceptors (Lipinski definition) is 1. The maximum atomic E-state index is 11.5. The molecular weight excluding hydrogens is 150 g/mol. The molecule has 0 bridgehead atoms. The quantitative estimate of drug-likeness (QED) is 0.569. The molecule has 0 saturated heterocycles. The zero-order valence-corrected chi connectivity index (χ0v) is 7.72. The van der Waals surface area contributed by atoms with Crippen LogP contribution in [0.3, 0.4) is 0 Å². The molecule has 0 aliphatic carbocycles. The van der Waals surface area contributed by atoms with E-state index in [0.717, 1.165) is 6.42 Å². The fraction of sp³-hybridized carbons (Fsp3) is 0.500.